The van der Waals surface area contributed by atoms with Gasteiger partial charge in [-0.3, -0.25) is 0 Å². The molecule has 8 aromatic carbocycles. The van der Waals surface area contributed by atoms with Crippen LogP contribution in [0, 0.1) is 13.8 Å². The summed E-state index contributed by atoms with van der Waals surface area (Å²) in [7, 11) is -1.34. The molecule has 2 spiro atoms. The molecule has 4 aliphatic rings. The number of benzene rings is 8. The third-order valence-electron chi connectivity index (χ3n) is 14.6. The summed E-state index contributed by atoms with van der Waals surface area (Å²) >= 11 is 11.3. The van der Waals surface area contributed by atoms with Gasteiger partial charge in [0.25, 0.3) is 0 Å². The van der Waals surface area contributed by atoms with Gasteiger partial charge in [-0.25, -0.2) is 9.59 Å². The molecule has 0 saturated heterocycles. The van der Waals surface area contributed by atoms with Crippen LogP contribution in [0.5, 0.6) is 23.0 Å². The number of hydrogen-bond acceptors (Lipinski definition) is 10. The summed E-state index contributed by atoms with van der Waals surface area (Å²) in [5.41, 5.74) is 10.8. The van der Waals surface area contributed by atoms with Crippen molar-refractivity contribution in [3.63, 3.8) is 0 Å². The summed E-state index contributed by atoms with van der Waals surface area (Å²) < 4.78 is 28.6. The van der Waals surface area contributed by atoms with E-state index in [-0.39, 0.29) is 19.4 Å². The van der Waals surface area contributed by atoms with Gasteiger partial charge in [-0.2, -0.15) is 0 Å². The Morgan fingerprint density at radius 3 is 1.29 bits per heavy atom. The Hall–Kier alpha value is -6.68. The minimum absolute atomic E-state index is 0. The second kappa shape index (κ2) is 22.4. The van der Waals surface area contributed by atoms with Crippen LogP contribution in [0.25, 0.3) is 11.1 Å². The summed E-state index contributed by atoms with van der Waals surface area (Å²) in [5, 5.41) is 17.2. The van der Waals surface area contributed by atoms with E-state index in [4.69, 9.17) is 29.0 Å². The van der Waals surface area contributed by atoms with E-state index in [1.54, 1.807) is 24.3 Å². The van der Waals surface area contributed by atoms with Crippen molar-refractivity contribution in [1.82, 2.24) is 0 Å². The van der Waals surface area contributed by atoms with Crippen LogP contribution in [0.3, 0.4) is 0 Å². The van der Waals surface area contributed by atoms with Gasteiger partial charge in [0.1, 0.15) is 17.2 Å². The number of fused-ring (bicyclic) bond motifs is 12. The van der Waals surface area contributed by atoms with E-state index < -0.39 is 18.3 Å². The van der Waals surface area contributed by atoms with Crippen molar-refractivity contribution >= 4 is 83.7 Å². The highest BCUT2D eigenvalue weighted by Gasteiger charge is 2.56. The molecule has 77 heavy (non-hydrogen) atoms. The Kier molecular flexibility index (Phi) is 16.0. The van der Waals surface area contributed by atoms with Gasteiger partial charge >= 0.3 is 19.1 Å². The van der Waals surface area contributed by atoms with Crippen LogP contribution >= 0.6 is 47.8 Å². The molecule has 2 unspecified atom stereocenters. The van der Waals surface area contributed by atoms with E-state index in [9.17, 15) is 9.59 Å². The third-order valence-corrected chi connectivity index (χ3v) is 17.4. The predicted molar refractivity (Wildman–Crippen MR) is 318 cm³/mol. The first-order valence-electron chi connectivity index (χ1n) is 25.3. The second-order valence-corrected chi connectivity index (χ2v) is 21.1. The molecule has 14 heteroatoms. The van der Waals surface area contributed by atoms with Crippen LogP contribution in [-0.2, 0) is 20.7 Å². The van der Waals surface area contributed by atoms with Crippen molar-refractivity contribution in [2.75, 3.05) is 36.0 Å². The molecule has 0 radical (unpaired) electrons. The van der Waals surface area contributed by atoms with Gasteiger partial charge in [0, 0.05) is 70.8 Å². The number of nitrogens with zero attached hydrogens (tertiary/aromatic N) is 2. The number of hydrogen-bond donors (Lipinski definition) is 2. The van der Waals surface area contributed by atoms with Crippen molar-refractivity contribution < 1.29 is 38.6 Å². The third kappa shape index (κ3) is 9.15. The molecule has 2 atom stereocenters. The summed E-state index contributed by atoms with van der Waals surface area (Å²) in [4.78, 5) is 30.8. The maximum Gasteiger partial charge on any atom is 0.488 e. The van der Waals surface area contributed by atoms with Crippen LogP contribution < -0.4 is 24.7 Å². The molecule has 0 aliphatic carbocycles. The molecule has 0 amide bonds. The van der Waals surface area contributed by atoms with E-state index in [1.165, 1.54) is 0 Å². The topological polar surface area (TPSA) is 118 Å². The summed E-state index contributed by atoms with van der Waals surface area (Å²) in [6.45, 7) is 16.1. The van der Waals surface area contributed by atoms with Crippen LogP contribution in [0.1, 0.15) is 100 Å². The standard InChI is InChI=1S/C31H26BrNO3.C25H21Br2NO3.C6H7BO2.CH4/c1-4-33(5-2)25-18-17-23-28(26(25)20-11-7-6-8-12-20)35-29-24(16-15-19(3)27(29)32)31(23)22-14-10-9-13-21(22)30(34)36-31;1-4-28(5-2)19-13-12-18-23(21(19)27)30-22-17(11-10-14(3)20(22)26)25(18)16-9-7-6-8-15(16)24(29)31-25;8-7(9)6-4-2-1-3-5-6;/h6-18H,4-5H2,1-3H3;6-13H,4-5H2,1-3H3;1-5,8-9H;1H4. The Morgan fingerprint density at radius 2 is 0.831 bits per heavy atom. The number of halogens is 3. The highest BCUT2D eigenvalue weighted by molar-refractivity contribution is 9.11. The maximum atomic E-state index is 13.3. The van der Waals surface area contributed by atoms with Crippen molar-refractivity contribution in [3.8, 4) is 34.1 Å². The molecule has 0 aromatic heterocycles. The molecule has 392 valence electrons. The summed E-state index contributed by atoms with van der Waals surface area (Å²) in [6.07, 6.45) is 0. The van der Waals surface area contributed by atoms with Crippen LogP contribution in [-0.4, -0.2) is 55.3 Å². The van der Waals surface area contributed by atoms with Crippen molar-refractivity contribution in [3.05, 3.63) is 227 Å². The quantitative estimate of drug-likeness (QED) is 0.112. The lowest BCUT2D eigenvalue weighted by atomic mass is 9.76. The molecule has 0 fully saturated rings. The van der Waals surface area contributed by atoms with Crippen molar-refractivity contribution in [2.45, 2.75) is 60.2 Å². The lowest BCUT2D eigenvalue weighted by Crippen LogP contribution is -2.34. The van der Waals surface area contributed by atoms with E-state index in [1.807, 2.05) is 117 Å². The summed E-state index contributed by atoms with van der Waals surface area (Å²) in [5.74, 6) is 2.10. The van der Waals surface area contributed by atoms with Gasteiger partial charge in [-0.1, -0.05) is 129 Å². The first kappa shape index (κ1) is 55.1. The average molecular weight is 1220 g/mol. The van der Waals surface area contributed by atoms with Gasteiger partial charge in [-0.05, 0) is 148 Å². The lowest BCUT2D eigenvalue weighted by Gasteiger charge is -2.39. The fraction of sp³-hybridized carbons (Fsp3) is 0.206. The zero-order valence-electron chi connectivity index (χ0n) is 42.8. The molecule has 8 aromatic rings. The van der Waals surface area contributed by atoms with Crippen LogP contribution in [0.2, 0.25) is 0 Å². The highest BCUT2D eigenvalue weighted by atomic mass is 79.9. The molecule has 4 heterocycles. The molecule has 2 N–H and O–H groups in total. The van der Waals surface area contributed by atoms with E-state index in [0.29, 0.717) is 39.6 Å². The molecular formula is C63H58BBr3N2O8. The van der Waals surface area contributed by atoms with Crippen molar-refractivity contribution in [2.24, 2.45) is 0 Å². The average Bonchev–Trinajstić information content (AvgIpc) is 4.09. The number of anilines is 2. The fourth-order valence-electron chi connectivity index (χ4n) is 10.8. The maximum absolute atomic E-state index is 13.3. The zero-order chi connectivity index (χ0) is 53.6. The van der Waals surface area contributed by atoms with E-state index in [2.05, 4.69) is 116 Å². The Balaban J connectivity index is 0.000000161. The SMILES string of the molecule is C.CCN(CC)c1ccc2c(c1-c1ccccc1)Oc1c(ccc(C)c1Br)C21OC(=O)c2ccccc21.CCN(CC)c1ccc2c(c1Br)Oc1c(ccc(C)c1Br)C21OC(=O)c2ccccc21.OB(O)c1ccccc1. The Bertz CT molecular complexity index is 3550. The normalized spacial score (nSPS) is 16.4. The van der Waals surface area contributed by atoms with Gasteiger partial charge in [0.05, 0.1) is 30.2 Å². The second-order valence-electron chi connectivity index (χ2n) is 18.7. The van der Waals surface area contributed by atoms with Gasteiger partial charge < -0.3 is 38.8 Å². The number of ether oxygens (including phenoxy) is 4. The molecule has 12 rings (SSSR count). The first-order chi connectivity index (χ1) is 36.7. The monoisotopic (exact) mass is 1220 g/mol. The van der Waals surface area contributed by atoms with E-state index in [0.717, 1.165) is 107 Å². The number of esters is 2. The van der Waals surface area contributed by atoms with Crippen LogP contribution in [0.4, 0.5) is 11.4 Å². The molecule has 4 aliphatic heterocycles. The smallest absolute Gasteiger partial charge is 0.454 e. The molecule has 0 bridgehead atoms. The van der Waals surface area contributed by atoms with Crippen LogP contribution in [0.15, 0.2) is 171 Å². The largest absolute Gasteiger partial charge is 0.488 e. The van der Waals surface area contributed by atoms with Gasteiger partial charge in [0.15, 0.2) is 17.0 Å². The lowest BCUT2D eigenvalue weighted by molar-refractivity contribution is 0.0214. The number of carbonyl (C=O) groups excluding carboxylic acids is 2. The number of aryl methyl sites for hydroxylation is 2. The number of rotatable bonds is 8. The van der Waals surface area contributed by atoms with Gasteiger partial charge in [0.2, 0.25) is 0 Å². The number of carbonyl (C=O) groups is 2. The Labute approximate surface area is 476 Å². The van der Waals surface area contributed by atoms with E-state index >= 15 is 0 Å². The minimum Gasteiger partial charge on any atom is -0.454 e. The Morgan fingerprint density at radius 1 is 0.455 bits per heavy atom. The molecule has 10 nitrogen and oxygen atoms in total. The fourth-order valence-corrected chi connectivity index (χ4v) is 12.3. The summed E-state index contributed by atoms with van der Waals surface area (Å²) in [6, 6.07) is 50.6. The van der Waals surface area contributed by atoms with Crippen molar-refractivity contribution in [1.29, 1.82) is 0 Å². The first-order valence-corrected chi connectivity index (χ1v) is 27.7. The zero-order valence-corrected chi connectivity index (χ0v) is 47.5. The highest BCUT2D eigenvalue weighted by Crippen LogP contribution is 2.62. The predicted octanol–water partition coefficient (Wildman–Crippen LogP) is 14.8. The molecular weight excluding hydrogens is 1160 g/mol. The molecule has 0 saturated carbocycles. The van der Waals surface area contributed by atoms with Gasteiger partial charge in [-0.15, -0.1) is 0 Å². The minimum atomic E-state index is -1.34.